The van der Waals surface area contributed by atoms with Crippen molar-refractivity contribution in [2.75, 3.05) is 0 Å². The Kier molecular flexibility index (Phi) is 2.22. The number of carbonyl (C=O) groups excluding carboxylic acids is 2. The molecule has 14 heavy (non-hydrogen) atoms. The molecule has 2 nitrogen and oxygen atoms in total. The van der Waals surface area contributed by atoms with Crippen molar-refractivity contribution >= 4 is 11.6 Å². The third-order valence-electron chi connectivity index (χ3n) is 4.17. The molecule has 0 fully saturated rings. The summed E-state index contributed by atoms with van der Waals surface area (Å²) in [5.41, 5.74) is 0.481. The van der Waals surface area contributed by atoms with Crippen molar-refractivity contribution in [2.24, 2.45) is 10.8 Å². The lowest BCUT2D eigenvalue weighted by Crippen LogP contribution is -2.42. The number of hydrogen-bond donors (Lipinski definition) is 0. The lowest BCUT2D eigenvalue weighted by atomic mass is 9.64. The Labute approximate surface area is 85.4 Å². The van der Waals surface area contributed by atoms with Crippen molar-refractivity contribution in [3.8, 4) is 0 Å². The van der Waals surface area contributed by atoms with E-state index in [1.54, 1.807) is 6.92 Å². The molecular weight excluding hydrogens is 176 g/mol. The number of ketones is 2. The molecule has 0 saturated carbocycles. The zero-order valence-corrected chi connectivity index (χ0v) is 9.82. The second kappa shape index (κ2) is 2.78. The predicted molar refractivity (Wildman–Crippen MR) is 56.0 cm³/mol. The summed E-state index contributed by atoms with van der Waals surface area (Å²) in [6, 6.07) is 0. The van der Waals surface area contributed by atoms with E-state index in [1.807, 2.05) is 34.6 Å². The second-order valence-electron chi connectivity index (χ2n) is 4.89. The summed E-state index contributed by atoms with van der Waals surface area (Å²) < 4.78 is 0. The Morgan fingerprint density at radius 1 is 1.14 bits per heavy atom. The average molecular weight is 194 g/mol. The number of Topliss-reactive ketones (excluding diaryl/α,β-unsaturated/α-hetero) is 2. The Morgan fingerprint density at radius 3 is 1.71 bits per heavy atom. The minimum Gasteiger partial charge on any atom is -0.299 e. The summed E-state index contributed by atoms with van der Waals surface area (Å²) in [6.45, 7) is 10.9. The fraction of sp³-hybridized carbons (Fsp3) is 0.667. The fourth-order valence-corrected chi connectivity index (χ4v) is 2.41. The Bertz CT molecular complexity index is 347. The van der Waals surface area contributed by atoms with Crippen molar-refractivity contribution in [3.63, 3.8) is 0 Å². The van der Waals surface area contributed by atoms with Crippen molar-refractivity contribution < 1.29 is 9.59 Å². The first-order valence-corrected chi connectivity index (χ1v) is 4.91. The predicted octanol–water partition coefficient (Wildman–Crippen LogP) is 2.53. The summed E-state index contributed by atoms with van der Waals surface area (Å²) in [6.07, 6.45) is 0. The molecule has 0 bridgehead atoms. The Morgan fingerprint density at radius 2 is 1.57 bits per heavy atom. The van der Waals surface area contributed by atoms with E-state index in [0.29, 0.717) is 0 Å². The molecule has 1 atom stereocenters. The van der Waals surface area contributed by atoms with Gasteiger partial charge in [-0.15, -0.1) is 0 Å². The van der Waals surface area contributed by atoms with Gasteiger partial charge in [-0.1, -0.05) is 19.4 Å². The molecular formula is C12H18O2. The minimum absolute atomic E-state index is 0.0743. The molecule has 0 radical (unpaired) electrons. The molecule has 1 rings (SSSR count). The third-order valence-corrected chi connectivity index (χ3v) is 4.17. The molecule has 0 aromatic heterocycles. The van der Waals surface area contributed by atoms with Crippen molar-refractivity contribution in [1.82, 2.24) is 0 Å². The SMILES string of the molecule is CC(=O)C1(C)C(C)=C(C)C(=O)C1(C)C. The van der Waals surface area contributed by atoms with Crippen LogP contribution < -0.4 is 0 Å². The van der Waals surface area contributed by atoms with Gasteiger partial charge in [0.25, 0.3) is 0 Å². The van der Waals surface area contributed by atoms with Crippen LogP contribution in [0.4, 0.5) is 0 Å². The molecule has 78 valence electrons. The maximum Gasteiger partial charge on any atom is 0.165 e. The highest BCUT2D eigenvalue weighted by atomic mass is 16.1. The zero-order valence-electron chi connectivity index (χ0n) is 9.82. The van der Waals surface area contributed by atoms with Gasteiger partial charge in [-0.05, 0) is 33.3 Å². The first-order valence-electron chi connectivity index (χ1n) is 4.91. The molecule has 0 aromatic carbocycles. The summed E-state index contributed by atoms with van der Waals surface area (Å²) in [7, 11) is 0. The molecule has 1 unspecified atom stereocenters. The molecule has 0 heterocycles. The maximum atomic E-state index is 11.9. The van der Waals surface area contributed by atoms with Crippen LogP contribution in [0.1, 0.15) is 41.5 Å². The molecule has 1 aliphatic rings. The van der Waals surface area contributed by atoms with Gasteiger partial charge in [0.05, 0.1) is 5.41 Å². The lowest BCUT2D eigenvalue weighted by molar-refractivity contribution is -0.136. The fourth-order valence-electron chi connectivity index (χ4n) is 2.41. The van der Waals surface area contributed by atoms with Gasteiger partial charge < -0.3 is 0 Å². The average Bonchev–Trinajstić information content (AvgIpc) is 2.20. The van der Waals surface area contributed by atoms with Gasteiger partial charge in [-0.3, -0.25) is 9.59 Å². The molecule has 0 aromatic rings. The monoisotopic (exact) mass is 194 g/mol. The summed E-state index contributed by atoms with van der Waals surface area (Å²) >= 11 is 0. The first kappa shape index (κ1) is 11.2. The third kappa shape index (κ3) is 0.969. The van der Waals surface area contributed by atoms with Crippen molar-refractivity contribution in [1.29, 1.82) is 0 Å². The van der Waals surface area contributed by atoms with E-state index >= 15 is 0 Å². The van der Waals surface area contributed by atoms with Gasteiger partial charge in [0.1, 0.15) is 5.78 Å². The highest BCUT2D eigenvalue weighted by Gasteiger charge is 2.56. The Balaban J connectivity index is 3.47. The maximum absolute atomic E-state index is 11.9. The van der Waals surface area contributed by atoms with Gasteiger partial charge in [0, 0.05) is 5.41 Å². The van der Waals surface area contributed by atoms with Crippen LogP contribution in [-0.2, 0) is 9.59 Å². The minimum atomic E-state index is -0.617. The molecule has 2 heteroatoms. The van der Waals surface area contributed by atoms with E-state index in [2.05, 4.69) is 0 Å². The molecule has 0 saturated heterocycles. The summed E-state index contributed by atoms with van der Waals surface area (Å²) in [5.74, 6) is 0.179. The summed E-state index contributed by atoms with van der Waals surface area (Å²) in [5, 5.41) is 0. The van der Waals surface area contributed by atoms with E-state index in [4.69, 9.17) is 0 Å². The lowest BCUT2D eigenvalue weighted by Gasteiger charge is -2.36. The highest BCUT2D eigenvalue weighted by Crippen LogP contribution is 2.53. The molecule has 1 aliphatic carbocycles. The van der Waals surface area contributed by atoms with Crippen molar-refractivity contribution in [2.45, 2.75) is 41.5 Å². The summed E-state index contributed by atoms with van der Waals surface area (Å²) in [4.78, 5) is 23.6. The number of rotatable bonds is 1. The Hall–Kier alpha value is -0.920. The van der Waals surface area contributed by atoms with Gasteiger partial charge in [-0.25, -0.2) is 0 Å². The van der Waals surface area contributed by atoms with E-state index in [-0.39, 0.29) is 11.6 Å². The van der Waals surface area contributed by atoms with Crippen LogP contribution >= 0.6 is 0 Å². The first-order chi connectivity index (χ1) is 6.17. The molecule has 0 spiro atoms. The van der Waals surface area contributed by atoms with Gasteiger partial charge in [0.2, 0.25) is 0 Å². The zero-order chi connectivity index (χ0) is 11.3. The molecule has 0 amide bonds. The van der Waals surface area contributed by atoms with Gasteiger partial charge in [-0.2, -0.15) is 0 Å². The normalized spacial score (nSPS) is 31.1. The van der Waals surface area contributed by atoms with E-state index in [1.165, 1.54) is 0 Å². The van der Waals surface area contributed by atoms with Crippen LogP contribution in [0.2, 0.25) is 0 Å². The van der Waals surface area contributed by atoms with Gasteiger partial charge >= 0.3 is 0 Å². The largest absolute Gasteiger partial charge is 0.299 e. The van der Waals surface area contributed by atoms with Crippen LogP contribution in [-0.4, -0.2) is 11.6 Å². The van der Waals surface area contributed by atoms with Crippen LogP contribution in [0.5, 0.6) is 0 Å². The quantitative estimate of drug-likeness (QED) is 0.642. The van der Waals surface area contributed by atoms with Crippen LogP contribution in [0, 0.1) is 10.8 Å². The van der Waals surface area contributed by atoms with Crippen LogP contribution in [0.25, 0.3) is 0 Å². The standard InChI is InChI=1S/C12H18O2/c1-7-8(2)12(6,9(3)13)11(4,5)10(7)14/h1-6H3. The second-order valence-corrected chi connectivity index (χ2v) is 4.89. The van der Waals surface area contributed by atoms with Crippen LogP contribution in [0.15, 0.2) is 11.1 Å². The molecule has 0 N–H and O–H groups in total. The van der Waals surface area contributed by atoms with Gasteiger partial charge in [0.15, 0.2) is 5.78 Å². The molecule has 0 aliphatic heterocycles. The van der Waals surface area contributed by atoms with E-state index < -0.39 is 10.8 Å². The van der Waals surface area contributed by atoms with E-state index in [9.17, 15) is 9.59 Å². The smallest absolute Gasteiger partial charge is 0.165 e. The topological polar surface area (TPSA) is 34.1 Å². The number of hydrogen-bond acceptors (Lipinski definition) is 2. The highest BCUT2D eigenvalue weighted by molar-refractivity contribution is 6.09. The number of carbonyl (C=O) groups is 2. The van der Waals surface area contributed by atoms with E-state index in [0.717, 1.165) is 11.1 Å². The van der Waals surface area contributed by atoms with Crippen LogP contribution in [0.3, 0.4) is 0 Å². The van der Waals surface area contributed by atoms with Crippen molar-refractivity contribution in [3.05, 3.63) is 11.1 Å². The number of allylic oxidation sites excluding steroid dienone is 2.